The topological polar surface area (TPSA) is 67.4 Å². The predicted molar refractivity (Wildman–Crippen MR) is 112 cm³/mol. The second kappa shape index (κ2) is 11.4. The zero-order chi connectivity index (χ0) is 20.2. The molecule has 0 bridgehead atoms. The van der Waals surface area contributed by atoms with Crippen LogP contribution in [0.5, 0.6) is 5.75 Å². The van der Waals surface area contributed by atoms with Gasteiger partial charge in [-0.1, -0.05) is 49.8 Å². The summed E-state index contributed by atoms with van der Waals surface area (Å²) < 4.78 is 5.61. The number of rotatable bonds is 10. The van der Waals surface area contributed by atoms with Gasteiger partial charge in [0.15, 0.2) is 0 Å². The Morgan fingerprint density at radius 1 is 1.07 bits per heavy atom. The average Bonchev–Trinajstić information content (AvgIpc) is 2.73. The summed E-state index contributed by atoms with van der Waals surface area (Å²) in [6.45, 7) is 6.64. The second-order valence-electron chi connectivity index (χ2n) is 6.15. The molecular formula is C23H26N2O3. The van der Waals surface area contributed by atoms with Crippen LogP contribution in [-0.2, 0) is 4.79 Å². The molecular weight excluding hydrogens is 352 g/mol. The number of carbonyl (C=O) groups excluding carboxylic acids is 2. The lowest BCUT2D eigenvalue weighted by molar-refractivity contribution is -0.117. The zero-order valence-corrected chi connectivity index (χ0v) is 16.1. The van der Waals surface area contributed by atoms with E-state index in [4.69, 9.17) is 4.74 Å². The molecule has 2 aromatic carbocycles. The average molecular weight is 378 g/mol. The molecule has 0 unspecified atom stereocenters. The fourth-order valence-corrected chi connectivity index (χ4v) is 2.37. The molecule has 0 fully saturated rings. The van der Waals surface area contributed by atoms with Gasteiger partial charge in [-0.05, 0) is 42.3 Å². The van der Waals surface area contributed by atoms with E-state index in [0.29, 0.717) is 24.5 Å². The molecule has 2 N–H and O–H groups in total. The Morgan fingerprint density at radius 3 is 2.43 bits per heavy atom. The molecule has 0 saturated carbocycles. The van der Waals surface area contributed by atoms with E-state index in [9.17, 15) is 9.59 Å². The smallest absolute Gasteiger partial charge is 0.268 e. The third kappa shape index (κ3) is 6.76. The van der Waals surface area contributed by atoms with Crippen LogP contribution in [0.4, 0.5) is 0 Å². The van der Waals surface area contributed by atoms with E-state index < -0.39 is 0 Å². The highest BCUT2D eigenvalue weighted by atomic mass is 16.5. The first kappa shape index (κ1) is 21.0. The molecule has 0 aliphatic rings. The van der Waals surface area contributed by atoms with Crippen molar-refractivity contribution >= 4 is 17.9 Å². The Labute approximate surface area is 166 Å². The number of nitrogens with one attached hydrogen (secondary N) is 2. The van der Waals surface area contributed by atoms with Gasteiger partial charge in [0.25, 0.3) is 11.8 Å². The van der Waals surface area contributed by atoms with Crippen LogP contribution in [0.15, 0.2) is 72.9 Å². The van der Waals surface area contributed by atoms with E-state index in [-0.39, 0.29) is 17.5 Å². The van der Waals surface area contributed by atoms with Crippen molar-refractivity contribution in [3.05, 3.63) is 84.1 Å². The minimum atomic E-state index is -0.378. The van der Waals surface area contributed by atoms with Gasteiger partial charge >= 0.3 is 0 Å². The Balaban J connectivity index is 2.12. The van der Waals surface area contributed by atoms with Crippen molar-refractivity contribution in [2.75, 3.05) is 13.2 Å². The second-order valence-corrected chi connectivity index (χ2v) is 6.15. The van der Waals surface area contributed by atoms with Crippen LogP contribution in [0.2, 0.25) is 0 Å². The van der Waals surface area contributed by atoms with E-state index in [1.54, 1.807) is 36.4 Å². The van der Waals surface area contributed by atoms with Crippen LogP contribution >= 0.6 is 0 Å². The summed E-state index contributed by atoms with van der Waals surface area (Å²) in [6.07, 6.45) is 5.26. The quantitative estimate of drug-likeness (QED) is 0.374. The highest BCUT2D eigenvalue weighted by Gasteiger charge is 2.14. The predicted octanol–water partition coefficient (Wildman–Crippen LogP) is 3.94. The molecule has 2 rings (SSSR count). The summed E-state index contributed by atoms with van der Waals surface area (Å²) in [4.78, 5) is 25.0. The van der Waals surface area contributed by atoms with E-state index in [1.807, 2.05) is 30.3 Å². The molecule has 0 aromatic heterocycles. The van der Waals surface area contributed by atoms with Crippen LogP contribution in [-0.4, -0.2) is 25.0 Å². The Kier molecular flexibility index (Phi) is 8.53. The Hall–Kier alpha value is -3.34. The number of benzene rings is 2. The van der Waals surface area contributed by atoms with Gasteiger partial charge in [0.1, 0.15) is 11.4 Å². The lowest BCUT2D eigenvalue weighted by Gasteiger charge is -2.11. The van der Waals surface area contributed by atoms with Crippen molar-refractivity contribution in [3.8, 4) is 5.75 Å². The molecule has 28 heavy (non-hydrogen) atoms. The van der Waals surface area contributed by atoms with Crippen LogP contribution in [0.3, 0.4) is 0 Å². The maximum absolute atomic E-state index is 12.6. The molecule has 5 heteroatoms. The monoisotopic (exact) mass is 378 g/mol. The van der Waals surface area contributed by atoms with Crippen molar-refractivity contribution in [1.82, 2.24) is 10.6 Å². The normalized spacial score (nSPS) is 10.8. The van der Waals surface area contributed by atoms with E-state index >= 15 is 0 Å². The first-order valence-corrected chi connectivity index (χ1v) is 9.34. The fourth-order valence-electron chi connectivity index (χ4n) is 2.37. The summed E-state index contributed by atoms with van der Waals surface area (Å²) in [5, 5.41) is 5.38. The largest absolute Gasteiger partial charge is 0.494 e. The van der Waals surface area contributed by atoms with Crippen LogP contribution in [0.1, 0.15) is 35.7 Å². The van der Waals surface area contributed by atoms with E-state index in [2.05, 4.69) is 24.1 Å². The third-order valence-electron chi connectivity index (χ3n) is 3.89. The lowest BCUT2D eigenvalue weighted by atomic mass is 10.1. The molecule has 2 amide bonds. The summed E-state index contributed by atoms with van der Waals surface area (Å²) in [6, 6.07) is 16.2. The minimum absolute atomic E-state index is 0.168. The maximum atomic E-state index is 12.6. The van der Waals surface area contributed by atoms with Gasteiger partial charge in [0, 0.05) is 12.1 Å². The van der Waals surface area contributed by atoms with Gasteiger partial charge in [-0.2, -0.15) is 0 Å². The van der Waals surface area contributed by atoms with Gasteiger partial charge in [-0.25, -0.2) is 0 Å². The summed E-state index contributed by atoms with van der Waals surface area (Å²) in [5.74, 6) is -0.0264. The van der Waals surface area contributed by atoms with E-state index in [1.165, 1.54) is 0 Å². The first-order chi connectivity index (χ1) is 13.6. The van der Waals surface area contributed by atoms with Crippen molar-refractivity contribution < 1.29 is 14.3 Å². The molecule has 2 aromatic rings. The van der Waals surface area contributed by atoms with Gasteiger partial charge in [-0.3, -0.25) is 9.59 Å². The van der Waals surface area contributed by atoms with Crippen molar-refractivity contribution in [2.45, 2.75) is 19.8 Å². The van der Waals surface area contributed by atoms with Crippen LogP contribution < -0.4 is 15.4 Å². The van der Waals surface area contributed by atoms with Crippen molar-refractivity contribution in [3.63, 3.8) is 0 Å². The summed E-state index contributed by atoms with van der Waals surface area (Å²) >= 11 is 0. The summed E-state index contributed by atoms with van der Waals surface area (Å²) in [7, 11) is 0. The number of hydrogen-bond acceptors (Lipinski definition) is 3. The van der Waals surface area contributed by atoms with Crippen LogP contribution in [0, 0.1) is 0 Å². The molecule has 0 aliphatic heterocycles. The maximum Gasteiger partial charge on any atom is 0.268 e. The fraction of sp³-hybridized carbons (Fsp3) is 0.217. The SMILES string of the molecule is C=CCNC(=O)C(=Cc1ccccc1)NC(=O)c1ccc(OCCCC)cc1. The third-order valence-corrected chi connectivity index (χ3v) is 3.89. The highest BCUT2D eigenvalue weighted by Crippen LogP contribution is 2.13. The number of amides is 2. The minimum Gasteiger partial charge on any atom is -0.494 e. The van der Waals surface area contributed by atoms with E-state index in [0.717, 1.165) is 18.4 Å². The number of carbonyl (C=O) groups is 2. The lowest BCUT2D eigenvalue weighted by Crippen LogP contribution is -2.34. The summed E-state index contributed by atoms with van der Waals surface area (Å²) in [5.41, 5.74) is 1.42. The molecule has 0 radical (unpaired) electrons. The van der Waals surface area contributed by atoms with Gasteiger partial charge in [0.05, 0.1) is 6.61 Å². The molecule has 0 spiro atoms. The molecule has 0 atom stereocenters. The van der Waals surface area contributed by atoms with Gasteiger partial charge < -0.3 is 15.4 Å². The number of hydrogen-bond donors (Lipinski definition) is 2. The highest BCUT2D eigenvalue weighted by molar-refractivity contribution is 6.05. The van der Waals surface area contributed by atoms with Crippen molar-refractivity contribution in [1.29, 1.82) is 0 Å². The molecule has 146 valence electrons. The standard InChI is InChI=1S/C23H26N2O3/c1-3-5-16-28-20-13-11-19(12-14-20)22(26)25-21(23(27)24-15-4-2)17-18-9-7-6-8-10-18/h4,6-14,17H,2-3,5,15-16H2,1H3,(H,24,27)(H,25,26). The molecule has 0 heterocycles. The molecule has 0 aliphatic carbocycles. The van der Waals surface area contributed by atoms with Gasteiger partial charge in [0.2, 0.25) is 0 Å². The zero-order valence-electron chi connectivity index (χ0n) is 16.1. The Morgan fingerprint density at radius 2 is 1.79 bits per heavy atom. The number of ether oxygens (including phenoxy) is 1. The van der Waals surface area contributed by atoms with Gasteiger partial charge in [-0.15, -0.1) is 6.58 Å². The van der Waals surface area contributed by atoms with Crippen LogP contribution in [0.25, 0.3) is 6.08 Å². The van der Waals surface area contributed by atoms with Crippen molar-refractivity contribution in [2.24, 2.45) is 0 Å². The first-order valence-electron chi connectivity index (χ1n) is 9.34. The Bertz CT molecular complexity index is 812. The number of unbranched alkanes of at least 4 members (excludes halogenated alkanes) is 1. The molecule has 5 nitrogen and oxygen atoms in total. The molecule has 0 saturated heterocycles.